The second-order valence-corrected chi connectivity index (χ2v) is 5.43. The van der Waals surface area contributed by atoms with Crippen LogP contribution in [0.5, 0.6) is 5.75 Å². The molecular weight excluding hydrogens is 240 g/mol. The van der Waals surface area contributed by atoms with Crippen molar-refractivity contribution in [2.75, 3.05) is 13.7 Å². The number of hydrogen-bond donors (Lipinski definition) is 1. The van der Waals surface area contributed by atoms with E-state index in [1.807, 2.05) is 19.9 Å². The third kappa shape index (κ3) is 3.48. The lowest BCUT2D eigenvalue weighted by molar-refractivity contribution is 0.0804. The molecule has 2 rings (SSSR count). The van der Waals surface area contributed by atoms with E-state index in [1.165, 1.54) is 0 Å². The Morgan fingerprint density at radius 1 is 1.42 bits per heavy atom. The Kier molecular flexibility index (Phi) is 4.83. The fourth-order valence-electron chi connectivity index (χ4n) is 2.90. The third-order valence-electron chi connectivity index (χ3n) is 3.83. The van der Waals surface area contributed by atoms with Gasteiger partial charge in [0.05, 0.1) is 19.3 Å². The standard InChI is InChI=1S/C16H24O3/c1-11-9-12(2)16(15(10-11)18-3)14(17)7-6-13-5-4-8-19-13/h9-10,13-14,17H,4-8H2,1-3H3. The van der Waals surface area contributed by atoms with Crippen molar-refractivity contribution in [2.24, 2.45) is 0 Å². The van der Waals surface area contributed by atoms with Crippen molar-refractivity contribution in [3.05, 3.63) is 28.8 Å². The first-order valence-electron chi connectivity index (χ1n) is 7.06. The maximum atomic E-state index is 10.4. The Hall–Kier alpha value is -1.06. The summed E-state index contributed by atoms with van der Waals surface area (Å²) in [6.07, 6.45) is 3.76. The maximum Gasteiger partial charge on any atom is 0.125 e. The van der Waals surface area contributed by atoms with Crippen LogP contribution in [0.4, 0.5) is 0 Å². The molecule has 1 saturated heterocycles. The molecule has 1 aromatic carbocycles. The largest absolute Gasteiger partial charge is 0.496 e. The van der Waals surface area contributed by atoms with E-state index in [2.05, 4.69) is 6.07 Å². The third-order valence-corrected chi connectivity index (χ3v) is 3.83. The molecule has 1 N–H and O–H groups in total. The summed E-state index contributed by atoms with van der Waals surface area (Å²) in [5, 5.41) is 10.4. The summed E-state index contributed by atoms with van der Waals surface area (Å²) < 4.78 is 11.0. The molecule has 106 valence electrons. The van der Waals surface area contributed by atoms with Crippen LogP contribution in [0.2, 0.25) is 0 Å². The van der Waals surface area contributed by atoms with Crippen molar-refractivity contribution in [2.45, 2.75) is 51.7 Å². The first kappa shape index (κ1) is 14.4. The van der Waals surface area contributed by atoms with Gasteiger partial charge in [-0.2, -0.15) is 0 Å². The quantitative estimate of drug-likeness (QED) is 0.886. The Labute approximate surface area is 115 Å². The fraction of sp³-hybridized carbons (Fsp3) is 0.625. The zero-order valence-corrected chi connectivity index (χ0v) is 12.1. The van der Waals surface area contributed by atoms with Crippen LogP contribution < -0.4 is 4.74 Å². The number of hydrogen-bond acceptors (Lipinski definition) is 3. The lowest BCUT2D eigenvalue weighted by Crippen LogP contribution is -2.10. The van der Waals surface area contributed by atoms with Gasteiger partial charge in [-0.05, 0) is 56.7 Å². The molecule has 0 spiro atoms. The van der Waals surface area contributed by atoms with Gasteiger partial charge in [0.25, 0.3) is 0 Å². The van der Waals surface area contributed by atoms with Crippen LogP contribution in [0.25, 0.3) is 0 Å². The van der Waals surface area contributed by atoms with Gasteiger partial charge in [0.15, 0.2) is 0 Å². The van der Waals surface area contributed by atoms with E-state index in [0.717, 1.165) is 54.7 Å². The predicted octanol–water partition coefficient (Wildman–Crippen LogP) is 3.30. The summed E-state index contributed by atoms with van der Waals surface area (Å²) in [5.74, 6) is 0.789. The molecule has 2 unspecified atom stereocenters. The molecule has 1 aliphatic heterocycles. The number of methoxy groups -OCH3 is 1. The van der Waals surface area contributed by atoms with Crippen LogP contribution in [0.15, 0.2) is 12.1 Å². The highest BCUT2D eigenvalue weighted by Gasteiger charge is 2.21. The zero-order chi connectivity index (χ0) is 13.8. The lowest BCUT2D eigenvalue weighted by Gasteiger charge is -2.19. The highest BCUT2D eigenvalue weighted by Crippen LogP contribution is 2.33. The zero-order valence-electron chi connectivity index (χ0n) is 12.1. The van der Waals surface area contributed by atoms with E-state index >= 15 is 0 Å². The molecule has 0 aromatic heterocycles. The van der Waals surface area contributed by atoms with Gasteiger partial charge < -0.3 is 14.6 Å². The summed E-state index contributed by atoms with van der Waals surface area (Å²) in [6.45, 7) is 4.94. The van der Waals surface area contributed by atoms with Crippen molar-refractivity contribution in [1.82, 2.24) is 0 Å². The van der Waals surface area contributed by atoms with Crippen LogP contribution in [-0.4, -0.2) is 24.9 Å². The Balaban J connectivity index is 2.06. The first-order valence-corrected chi connectivity index (χ1v) is 7.06. The number of aliphatic hydroxyl groups excluding tert-OH is 1. The molecule has 2 atom stereocenters. The normalized spacial score (nSPS) is 20.5. The molecule has 1 aliphatic rings. The van der Waals surface area contributed by atoms with Gasteiger partial charge in [-0.15, -0.1) is 0 Å². The van der Waals surface area contributed by atoms with Gasteiger partial charge in [0.2, 0.25) is 0 Å². The van der Waals surface area contributed by atoms with E-state index in [-0.39, 0.29) is 0 Å². The van der Waals surface area contributed by atoms with E-state index in [1.54, 1.807) is 7.11 Å². The summed E-state index contributed by atoms with van der Waals surface area (Å²) in [4.78, 5) is 0. The van der Waals surface area contributed by atoms with Gasteiger partial charge in [-0.25, -0.2) is 0 Å². The molecule has 1 heterocycles. The van der Waals surface area contributed by atoms with Crippen molar-refractivity contribution in [1.29, 1.82) is 0 Å². The smallest absolute Gasteiger partial charge is 0.125 e. The van der Waals surface area contributed by atoms with Gasteiger partial charge in [-0.3, -0.25) is 0 Å². The summed E-state index contributed by atoms with van der Waals surface area (Å²) in [5.41, 5.74) is 3.17. The molecule has 0 aliphatic carbocycles. The monoisotopic (exact) mass is 264 g/mol. The van der Waals surface area contributed by atoms with E-state index in [9.17, 15) is 5.11 Å². The average Bonchev–Trinajstić information content (AvgIpc) is 2.88. The molecule has 3 heteroatoms. The number of aryl methyl sites for hydroxylation is 2. The minimum atomic E-state index is -0.472. The van der Waals surface area contributed by atoms with Crippen LogP contribution >= 0.6 is 0 Å². The van der Waals surface area contributed by atoms with Crippen LogP contribution in [0, 0.1) is 13.8 Å². The first-order chi connectivity index (χ1) is 9.11. The van der Waals surface area contributed by atoms with Crippen molar-refractivity contribution in [3.63, 3.8) is 0 Å². The number of rotatable bonds is 5. The van der Waals surface area contributed by atoms with E-state index < -0.39 is 6.10 Å². The van der Waals surface area contributed by atoms with Crippen LogP contribution in [0.3, 0.4) is 0 Å². The lowest BCUT2D eigenvalue weighted by atomic mass is 9.95. The fourth-order valence-corrected chi connectivity index (χ4v) is 2.90. The average molecular weight is 264 g/mol. The second kappa shape index (κ2) is 6.40. The topological polar surface area (TPSA) is 38.7 Å². The summed E-state index contributed by atoms with van der Waals surface area (Å²) in [7, 11) is 1.66. The Bertz CT molecular complexity index is 422. The Morgan fingerprint density at radius 3 is 2.84 bits per heavy atom. The minimum absolute atomic E-state index is 0.325. The highest BCUT2D eigenvalue weighted by atomic mass is 16.5. The van der Waals surface area contributed by atoms with Gasteiger partial charge in [-0.1, -0.05) is 6.07 Å². The SMILES string of the molecule is COc1cc(C)cc(C)c1C(O)CCC1CCCO1. The Morgan fingerprint density at radius 2 is 2.21 bits per heavy atom. The van der Waals surface area contributed by atoms with E-state index in [0.29, 0.717) is 6.10 Å². The predicted molar refractivity (Wildman–Crippen MR) is 75.6 cm³/mol. The van der Waals surface area contributed by atoms with Gasteiger partial charge >= 0.3 is 0 Å². The molecule has 0 bridgehead atoms. The van der Waals surface area contributed by atoms with Gasteiger partial charge in [0, 0.05) is 12.2 Å². The van der Waals surface area contributed by atoms with Gasteiger partial charge in [0.1, 0.15) is 5.75 Å². The number of benzene rings is 1. The number of aliphatic hydroxyl groups is 1. The molecular formula is C16H24O3. The molecule has 1 aromatic rings. The maximum absolute atomic E-state index is 10.4. The van der Waals surface area contributed by atoms with Crippen molar-refractivity contribution >= 4 is 0 Å². The summed E-state index contributed by atoms with van der Waals surface area (Å²) in [6, 6.07) is 4.07. The molecule has 1 fully saturated rings. The van der Waals surface area contributed by atoms with Crippen LogP contribution in [-0.2, 0) is 4.74 Å². The van der Waals surface area contributed by atoms with Crippen molar-refractivity contribution < 1.29 is 14.6 Å². The molecule has 19 heavy (non-hydrogen) atoms. The molecule has 3 nitrogen and oxygen atoms in total. The second-order valence-electron chi connectivity index (χ2n) is 5.43. The molecule has 0 amide bonds. The van der Waals surface area contributed by atoms with E-state index in [4.69, 9.17) is 9.47 Å². The minimum Gasteiger partial charge on any atom is -0.496 e. The van der Waals surface area contributed by atoms with Crippen LogP contribution in [0.1, 0.15) is 48.5 Å². The highest BCUT2D eigenvalue weighted by molar-refractivity contribution is 5.44. The summed E-state index contributed by atoms with van der Waals surface area (Å²) >= 11 is 0. The number of ether oxygens (including phenoxy) is 2. The molecule has 0 saturated carbocycles. The molecule has 0 radical (unpaired) electrons. The van der Waals surface area contributed by atoms with Crippen molar-refractivity contribution in [3.8, 4) is 5.75 Å².